The molecule has 196 valence electrons. The fourth-order valence-electron chi connectivity index (χ4n) is 3.04. The molecule has 0 bridgehead atoms. The molecule has 1 aromatic carbocycles. The third kappa shape index (κ3) is 8.41. The van der Waals surface area contributed by atoms with E-state index in [0.717, 1.165) is 12.0 Å². The summed E-state index contributed by atoms with van der Waals surface area (Å²) in [6.07, 6.45) is 1.44. The van der Waals surface area contributed by atoms with Crippen LogP contribution >= 0.6 is 0 Å². The van der Waals surface area contributed by atoms with Crippen LogP contribution in [-0.2, 0) is 30.9 Å². The molecule has 0 saturated heterocycles. The first-order valence-corrected chi connectivity index (χ1v) is 12.7. The fourth-order valence-corrected chi connectivity index (χ4v) is 4.21. The molecule has 36 heavy (non-hydrogen) atoms. The summed E-state index contributed by atoms with van der Waals surface area (Å²) in [5, 5.41) is 6.23. The van der Waals surface area contributed by atoms with Crippen molar-refractivity contribution in [3.8, 4) is 0 Å². The number of rotatable bonds is 11. The van der Waals surface area contributed by atoms with Crippen molar-refractivity contribution in [3.63, 3.8) is 0 Å². The molecule has 12 nitrogen and oxygen atoms in total. The van der Waals surface area contributed by atoms with E-state index in [9.17, 15) is 18.0 Å². The highest BCUT2D eigenvalue weighted by atomic mass is 32.2. The number of nitrogens with two attached hydrogens (primary N) is 1. The number of hydrogen-bond acceptors (Lipinski definition) is 7. The number of aryl methyl sites for hydroxylation is 2. The monoisotopic (exact) mass is 520 g/mol. The van der Waals surface area contributed by atoms with Gasteiger partial charge in [-0.25, -0.2) is 8.42 Å². The number of carbonyl (C=O) groups is 1. The maximum absolute atomic E-state index is 12.9. The Morgan fingerprint density at radius 2 is 1.94 bits per heavy atom. The summed E-state index contributed by atoms with van der Waals surface area (Å²) < 4.78 is 33.9. The lowest BCUT2D eigenvalue weighted by Gasteiger charge is -2.13. The predicted octanol–water partition coefficient (Wildman–Crippen LogP) is 1.47. The zero-order chi connectivity index (χ0) is 26.7. The van der Waals surface area contributed by atoms with Gasteiger partial charge in [0.25, 0.3) is 21.5 Å². The van der Waals surface area contributed by atoms with Gasteiger partial charge < -0.3 is 25.2 Å². The second kappa shape index (κ2) is 13.3. The van der Waals surface area contributed by atoms with E-state index in [2.05, 4.69) is 20.2 Å². The van der Waals surface area contributed by atoms with Gasteiger partial charge in [-0.2, -0.15) is 4.99 Å². The van der Waals surface area contributed by atoms with Crippen LogP contribution in [0.25, 0.3) is 0 Å². The van der Waals surface area contributed by atoms with Crippen molar-refractivity contribution in [1.29, 1.82) is 0 Å². The highest BCUT2D eigenvalue weighted by molar-refractivity contribution is 7.92. The third-order valence-corrected chi connectivity index (χ3v) is 6.21. The van der Waals surface area contributed by atoms with Crippen LogP contribution in [0.2, 0.25) is 0 Å². The Hall–Kier alpha value is -3.87. The van der Waals surface area contributed by atoms with Crippen LogP contribution in [0, 0.1) is 13.8 Å². The number of amides is 1. The summed E-state index contributed by atoms with van der Waals surface area (Å²) >= 11 is 0. The number of methoxy groups -OCH3 is 1. The zero-order valence-electron chi connectivity index (χ0n) is 20.8. The number of benzene rings is 1. The number of nitrogens with zero attached hydrogens (tertiary/aromatic N) is 3. The summed E-state index contributed by atoms with van der Waals surface area (Å²) in [4.78, 5) is 34.3. The Labute approximate surface area is 210 Å². The van der Waals surface area contributed by atoms with Gasteiger partial charge in [-0.15, -0.1) is 0 Å². The van der Waals surface area contributed by atoms with E-state index in [0.29, 0.717) is 18.0 Å². The molecule has 0 atom stereocenters. The second-order valence-corrected chi connectivity index (χ2v) is 9.48. The van der Waals surface area contributed by atoms with Crippen molar-refractivity contribution in [3.05, 3.63) is 58.0 Å². The lowest BCUT2D eigenvalue weighted by Crippen LogP contribution is -2.36. The summed E-state index contributed by atoms with van der Waals surface area (Å²) in [6.45, 7) is 5.18. The van der Waals surface area contributed by atoms with E-state index in [1.54, 1.807) is 32.0 Å². The number of pyridine rings is 1. The maximum Gasteiger partial charge on any atom is 0.275 e. The minimum Gasteiger partial charge on any atom is -0.484 e. The average molecular weight is 521 g/mol. The Bertz CT molecular complexity index is 1290. The van der Waals surface area contributed by atoms with Gasteiger partial charge in [0.05, 0.1) is 18.6 Å². The number of oxime groups is 1. The van der Waals surface area contributed by atoms with E-state index >= 15 is 0 Å². The summed E-state index contributed by atoms with van der Waals surface area (Å²) in [6, 6.07) is 9.23. The van der Waals surface area contributed by atoms with Crippen molar-refractivity contribution in [2.75, 3.05) is 25.0 Å². The van der Waals surface area contributed by atoms with Gasteiger partial charge in [0.2, 0.25) is 5.91 Å². The molecule has 0 spiro atoms. The molecule has 4 N–H and O–H groups in total. The van der Waals surface area contributed by atoms with Crippen LogP contribution in [0.5, 0.6) is 0 Å². The molecule has 1 heterocycles. The van der Waals surface area contributed by atoms with Crippen molar-refractivity contribution in [2.24, 2.45) is 15.9 Å². The minimum atomic E-state index is -3.98. The average Bonchev–Trinajstić information content (AvgIpc) is 2.83. The first-order valence-electron chi connectivity index (χ1n) is 11.2. The number of aliphatic imine (C=N–C) groups is 1. The first-order chi connectivity index (χ1) is 17.1. The normalized spacial score (nSPS) is 12.2. The number of carbonyl (C=O) groups excluding carboxylic acids is 1. The molecule has 0 radical (unpaired) electrons. The highest BCUT2D eigenvalue weighted by Gasteiger charge is 2.18. The van der Waals surface area contributed by atoms with Gasteiger partial charge in [0.15, 0.2) is 5.90 Å². The molecule has 0 saturated carbocycles. The Morgan fingerprint density at radius 1 is 1.19 bits per heavy atom. The van der Waals surface area contributed by atoms with Crippen LogP contribution in [0.3, 0.4) is 0 Å². The van der Waals surface area contributed by atoms with Crippen molar-refractivity contribution in [1.82, 2.24) is 9.88 Å². The molecule has 0 aliphatic heterocycles. The molecular weight excluding hydrogens is 488 g/mol. The van der Waals surface area contributed by atoms with Gasteiger partial charge in [-0.1, -0.05) is 19.1 Å². The summed E-state index contributed by atoms with van der Waals surface area (Å²) in [5.41, 5.74) is 6.08. The zero-order valence-corrected chi connectivity index (χ0v) is 21.6. The van der Waals surface area contributed by atoms with Crippen molar-refractivity contribution >= 4 is 33.5 Å². The van der Waals surface area contributed by atoms with Gasteiger partial charge in [0.1, 0.15) is 18.8 Å². The third-order valence-electron chi connectivity index (χ3n) is 4.85. The van der Waals surface area contributed by atoms with Crippen molar-refractivity contribution in [2.45, 2.75) is 45.1 Å². The molecule has 0 aliphatic carbocycles. The molecule has 13 heteroatoms. The number of ether oxygens (including phenoxy) is 1. The number of anilines is 1. The predicted molar refractivity (Wildman–Crippen MR) is 137 cm³/mol. The summed E-state index contributed by atoms with van der Waals surface area (Å²) in [7, 11) is -2.49. The van der Waals surface area contributed by atoms with E-state index < -0.39 is 21.5 Å². The van der Waals surface area contributed by atoms with Gasteiger partial charge >= 0.3 is 0 Å². The van der Waals surface area contributed by atoms with E-state index in [1.165, 1.54) is 29.9 Å². The fraction of sp³-hybridized carbons (Fsp3) is 0.391. The highest BCUT2D eigenvalue weighted by Crippen LogP contribution is 2.15. The molecule has 0 aliphatic rings. The second-order valence-electron chi connectivity index (χ2n) is 7.79. The van der Waals surface area contributed by atoms with E-state index in [4.69, 9.17) is 15.3 Å². The van der Waals surface area contributed by atoms with Crippen LogP contribution in [0.4, 0.5) is 5.69 Å². The Kier molecular flexibility index (Phi) is 10.5. The number of nitrogens with one attached hydrogen (secondary N) is 2. The largest absolute Gasteiger partial charge is 0.484 e. The SMILES string of the molecule is CCC/C(=N/C(N)=N/OCCNC(=O)Cn1c(C)ccc(NS(=O)(=O)c2cccc(C)c2)c1=O)OC. The molecular formula is C23H32N6O6S. The van der Waals surface area contributed by atoms with Crippen molar-refractivity contribution < 1.29 is 22.8 Å². The molecule has 2 aromatic rings. The molecule has 1 amide bonds. The lowest BCUT2D eigenvalue weighted by molar-refractivity contribution is -0.122. The smallest absolute Gasteiger partial charge is 0.275 e. The first kappa shape index (κ1) is 28.4. The standard InChI is InChI=1S/C23H32N6O6S/c1-5-7-21(34-4)26-23(24)27-35-13-12-25-20(30)15-29-17(3)10-11-19(22(29)31)28-36(32,33)18-9-6-8-16(2)14-18/h6,8-11,14,28H,5,7,12-13,15H2,1-4H3,(H2,24,27)(H,25,30)/b26-21-. The van der Waals surface area contributed by atoms with Crippen LogP contribution in [-0.4, -0.2) is 51.0 Å². The quantitative estimate of drug-likeness (QED) is 0.175. The van der Waals surface area contributed by atoms with Crippen LogP contribution in [0.15, 0.2) is 56.2 Å². The van der Waals surface area contributed by atoms with E-state index in [-0.39, 0.29) is 36.2 Å². The molecule has 1 aromatic heterocycles. The number of sulfonamides is 1. The number of hydrogen-bond donors (Lipinski definition) is 3. The van der Waals surface area contributed by atoms with Gasteiger partial charge in [-0.05, 0) is 55.3 Å². The van der Waals surface area contributed by atoms with Gasteiger partial charge in [-0.3, -0.25) is 14.3 Å². The molecule has 0 unspecified atom stereocenters. The molecule has 0 fully saturated rings. The number of guanidine groups is 1. The Balaban J connectivity index is 1.98. The lowest BCUT2D eigenvalue weighted by atomic mass is 10.2. The van der Waals surface area contributed by atoms with Gasteiger partial charge in [0, 0.05) is 12.1 Å². The van der Waals surface area contributed by atoms with E-state index in [1.807, 2.05) is 6.92 Å². The topological polar surface area (TPSA) is 166 Å². The van der Waals surface area contributed by atoms with Crippen LogP contribution < -0.4 is 21.3 Å². The maximum atomic E-state index is 12.9. The number of aromatic nitrogens is 1. The summed E-state index contributed by atoms with van der Waals surface area (Å²) in [5.74, 6) is -0.152. The molecule has 2 rings (SSSR count). The van der Waals surface area contributed by atoms with Crippen LogP contribution in [0.1, 0.15) is 31.0 Å². The minimum absolute atomic E-state index is 0.0161. The Morgan fingerprint density at radius 3 is 2.61 bits per heavy atom.